The van der Waals surface area contributed by atoms with Crippen molar-refractivity contribution >= 4 is 21.7 Å². The molecule has 2 aromatic rings. The van der Waals surface area contributed by atoms with Gasteiger partial charge in [0.2, 0.25) is 0 Å². The molecule has 0 saturated carbocycles. The molecule has 5 heteroatoms. The zero-order valence-electron chi connectivity index (χ0n) is 9.00. The molecule has 0 unspecified atom stereocenters. The van der Waals surface area contributed by atoms with Crippen LogP contribution in [0.1, 0.15) is 11.1 Å². The van der Waals surface area contributed by atoms with Crippen LogP contribution in [0.25, 0.3) is 11.1 Å². The molecule has 0 amide bonds. The second kappa shape index (κ2) is 3.83. The quantitative estimate of drug-likeness (QED) is 0.752. The molecule has 0 atom stereocenters. The summed E-state index contributed by atoms with van der Waals surface area (Å²) in [5.41, 5.74) is 9.06. The Morgan fingerprint density at radius 1 is 1.44 bits per heavy atom. The highest BCUT2D eigenvalue weighted by atomic mass is 79.9. The third-order valence-electron chi connectivity index (χ3n) is 2.62. The van der Waals surface area contributed by atoms with Gasteiger partial charge in [0.1, 0.15) is 11.6 Å². The highest BCUT2D eigenvalue weighted by molar-refractivity contribution is 9.10. The van der Waals surface area contributed by atoms with Crippen LogP contribution < -0.4 is 5.73 Å². The van der Waals surface area contributed by atoms with Crippen LogP contribution in [0, 0.1) is 13.8 Å². The zero-order valence-corrected chi connectivity index (χ0v) is 10.6. The van der Waals surface area contributed by atoms with E-state index in [0.29, 0.717) is 11.6 Å². The van der Waals surface area contributed by atoms with Gasteiger partial charge in [-0.3, -0.25) is 5.10 Å². The molecule has 0 radical (unpaired) electrons. The number of benzene rings is 1. The number of hydrogen-bond donors (Lipinski definition) is 3. The summed E-state index contributed by atoms with van der Waals surface area (Å²) in [6.45, 7) is 3.71. The largest absolute Gasteiger partial charge is 0.507 e. The van der Waals surface area contributed by atoms with Crippen molar-refractivity contribution in [2.45, 2.75) is 13.8 Å². The second-order valence-corrected chi connectivity index (χ2v) is 4.58. The number of H-pyrrole nitrogens is 1. The van der Waals surface area contributed by atoms with Gasteiger partial charge in [0.25, 0.3) is 0 Å². The van der Waals surface area contributed by atoms with Crippen molar-refractivity contribution in [2.24, 2.45) is 0 Å². The van der Waals surface area contributed by atoms with Gasteiger partial charge in [0.15, 0.2) is 0 Å². The highest BCUT2D eigenvalue weighted by Gasteiger charge is 2.15. The average molecular weight is 282 g/mol. The number of aromatic amines is 1. The van der Waals surface area contributed by atoms with Gasteiger partial charge in [-0.05, 0) is 25.5 Å². The molecule has 1 aromatic heterocycles. The summed E-state index contributed by atoms with van der Waals surface area (Å²) in [6, 6.07) is 1.87. The van der Waals surface area contributed by atoms with Crippen LogP contribution in [0.3, 0.4) is 0 Å². The number of anilines is 1. The van der Waals surface area contributed by atoms with E-state index in [1.165, 1.54) is 0 Å². The lowest BCUT2D eigenvalue weighted by atomic mass is 9.99. The number of nitrogens with one attached hydrogen (secondary N) is 1. The van der Waals surface area contributed by atoms with Gasteiger partial charge in [0, 0.05) is 21.2 Å². The van der Waals surface area contributed by atoms with E-state index >= 15 is 0 Å². The number of halogens is 1. The number of nitrogens with two attached hydrogens (primary N) is 1. The van der Waals surface area contributed by atoms with E-state index in [9.17, 15) is 5.11 Å². The first-order valence-corrected chi connectivity index (χ1v) is 5.59. The SMILES string of the molecule is Cc1cc(Br)c(-c2cn[nH]c2N)c(C)c1O. The van der Waals surface area contributed by atoms with Crippen LogP contribution in [0.4, 0.5) is 5.82 Å². The monoisotopic (exact) mass is 281 g/mol. The molecular formula is C11H12BrN3O. The number of nitrogen functional groups attached to an aromatic ring is 1. The minimum absolute atomic E-state index is 0.291. The van der Waals surface area contributed by atoms with E-state index < -0.39 is 0 Å². The summed E-state index contributed by atoms with van der Waals surface area (Å²) >= 11 is 3.48. The first kappa shape index (κ1) is 11.0. The number of phenolic OH excluding ortho intramolecular Hbond substituents is 1. The Bertz CT molecular complexity index is 548. The predicted octanol–water partition coefficient (Wildman–Crippen LogP) is 2.74. The fourth-order valence-electron chi connectivity index (χ4n) is 1.75. The van der Waals surface area contributed by atoms with E-state index in [-0.39, 0.29) is 0 Å². The maximum atomic E-state index is 9.91. The smallest absolute Gasteiger partial charge is 0.126 e. The van der Waals surface area contributed by atoms with E-state index in [0.717, 1.165) is 26.7 Å². The van der Waals surface area contributed by atoms with Crippen LogP contribution in [-0.2, 0) is 0 Å². The molecule has 1 aromatic carbocycles. The molecule has 84 valence electrons. The number of phenols is 1. The van der Waals surface area contributed by atoms with E-state index in [2.05, 4.69) is 26.1 Å². The summed E-state index contributed by atoms with van der Waals surface area (Å²) in [6.07, 6.45) is 1.65. The predicted molar refractivity (Wildman–Crippen MR) is 67.3 cm³/mol. The van der Waals surface area contributed by atoms with Gasteiger partial charge in [-0.1, -0.05) is 15.9 Å². The summed E-state index contributed by atoms with van der Waals surface area (Å²) in [5.74, 6) is 0.783. The Balaban J connectivity index is 2.76. The summed E-state index contributed by atoms with van der Waals surface area (Å²) in [7, 11) is 0. The van der Waals surface area contributed by atoms with Crippen LogP contribution in [0.15, 0.2) is 16.7 Å². The zero-order chi connectivity index (χ0) is 11.9. The fraction of sp³-hybridized carbons (Fsp3) is 0.182. The Morgan fingerprint density at radius 3 is 2.69 bits per heavy atom. The molecule has 2 rings (SSSR count). The molecule has 0 saturated heterocycles. The Hall–Kier alpha value is -1.49. The van der Waals surface area contributed by atoms with E-state index in [1.807, 2.05) is 19.9 Å². The molecule has 0 aliphatic heterocycles. The molecular weight excluding hydrogens is 270 g/mol. The van der Waals surface area contributed by atoms with Crippen LogP contribution >= 0.6 is 15.9 Å². The minimum atomic E-state index is 0.291. The van der Waals surface area contributed by atoms with Gasteiger partial charge in [-0.2, -0.15) is 5.10 Å². The number of aromatic hydroxyl groups is 1. The molecule has 0 bridgehead atoms. The van der Waals surface area contributed by atoms with Gasteiger partial charge in [0.05, 0.1) is 6.20 Å². The van der Waals surface area contributed by atoms with Crippen molar-refractivity contribution in [1.29, 1.82) is 0 Å². The molecule has 0 aliphatic carbocycles. The Labute approximate surface area is 102 Å². The van der Waals surface area contributed by atoms with Crippen LogP contribution in [0.5, 0.6) is 5.75 Å². The second-order valence-electron chi connectivity index (χ2n) is 3.72. The van der Waals surface area contributed by atoms with E-state index in [1.54, 1.807) is 6.20 Å². The molecule has 0 aliphatic rings. The van der Waals surface area contributed by atoms with Crippen LogP contribution in [-0.4, -0.2) is 15.3 Å². The maximum absolute atomic E-state index is 9.91. The fourth-order valence-corrected chi connectivity index (χ4v) is 2.60. The third kappa shape index (κ3) is 1.57. The molecule has 0 fully saturated rings. The number of nitrogens with zero attached hydrogens (tertiary/aromatic N) is 1. The molecule has 1 heterocycles. The lowest BCUT2D eigenvalue weighted by Crippen LogP contribution is -1.92. The first-order valence-electron chi connectivity index (χ1n) is 4.80. The number of hydrogen-bond acceptors (Lipinski definition) is 3. The van der Waals surface area contributed by atoms with Crippen molar-refractivity contribution in [3.05, 3.63) is 27.9 Å². The van der Waals surface area contributed by atoms with Gasteiger partial charge >= 0.3 is 0 Å². The van der Waals surface area contributed by atoms with Crippen molar-refractivity contribution in [2.75, 3.05) is 5.73 Å². The van der Waals surface area contributed by atoms with Gasteiger partial charge in [-0.15, -0.1) is 0 Å². The lowest BCUT2D eigenvalue weighted by molar-refractivity contribution is 0.467. The third-order valence-corrected chi connectivity index (χ3v) is 3.25. The standard InChI is InChI=1S/C11H12BrN3O/c1-5-3-8(12)9(6(2)10(5)16)7-4-14-15-11(7)13/h3-4,16H,1-2H3,(H3,13,14,15). The molecule has 16 heavy (non-hydrogen) atoms. The van der Waals surface area contributed by atoms with Gasteiger partial charge in [-0.25, -0.2) is 0 Å². The minimum Gasteiger partial charge on any atom is -0.507 e. The Morgan fingerprint density at radius 2 is 2.12 bits per heavy atom. The summed E-state index contributed by atoms with van der Waals surface area (Å²) in [4.78, 5) is 0. The Kier molecular flexibility index (Phi) is 2.63. The van der Waals surface area contributed by atoms with Crippen molar-refractivity contribution < 1.29 is 5.11 Å². The normalized spacial score (nSPS) is 10.7. The van der Waals surface area contributed by atoms with Crippen molar-refractivity contribution in [1.82, 2.24) is 10.2 Å². The van der Waals surface area contributed by atoms with Crippen LogP contribution in [0.2, 0.25) is 0 Å². The molecule has 4 N–H and O–H groups in total. The molecule has 0 spiro atoms. The summed E-state index contributed by atoms with van der Waals surface area (Å²) in [5, 5.41) is 16.5. The molecule has 4 nitrogen and oxygen atoms in total. The maximum Gasteiger partial charge on any atom is 0.126 e. The highest BCUT2D eigenvalue weighted by Crippen LogP contribution is 2.39. The summed E-state index contributed by atoms with van der Waals surface area (Å²) < 4.78 is 0.897. The van der Waals surface area contributed by atoms with Gasteiger partial charge < -0.3 is 10.8 Å². The number of rotatable bonds is 1. The lowest BCUT2D eigenvalue weighted by Gasteiger charge is -2.11. The average Bonchev–Trinajstić information content (AvgIpc) is 2.62. The van der Waals surface area contributed by atoms with Crippen molar-refractivity contribution in [3.63, 3.8) is 0 Å². The topological polar surface area (TPSA) is 74.9 Å². The van der Waals surface area contributed by atoms with Crippen molar-refractivity contribution in [3.8, 4) is 16.9 Å². The van der Waals surface area contributed by atoms with E-state index in [4.69, 9.17) is 5.73 Å². The number of aromatic nitrogens is 2. The first-order chi connectivity index (χ1) is 7.52. The number of aryl methyl sites for hydroxylation is 1.